The number of nitrogens with zero attached hydrogens (tertiary/aromatic N) is 1. The molecule has 1 nitrogen and oxygen atoms in total. The Bertz CT molecular complexity index is 185. The predicted octanol–water partition coefficient (Wildman–Crippen LogP) is 3.27. The van der Waals surface area contributed by atoms with Crippen LogP contribution in [0, 0.1) is 0 Å². The van der Waals surface area contributed by atoms with Gasteiger partial charge in [0.05, 0.1) is 11.6 Å². The lowest BCUT2D eigenvalue weighted by atomic mass is 10.5. The Kier molecular flexibility index (Phi) is 7.06. The normalized spacial score (nSPS) is 12.5. The first kappa shape index (κ1) is 11.2. The summed E-state index contributed by atoms with van der Waals surface area (Å²) in [5, 5.41) is 1.12. The molecule has 0 aromatic carbocycles. The number of aliphatic imine (C=N–C) groups is 1. The van der Waals surface area contributed by atoms with Crippen molar-refractivity contribution in [3.05, 3.63) is 22.3 Å². The highest BCUT2D eigenvalue weighted by molar-refractivity contribution is 14.1. The molecule has 0 fully saturated rings. The summed E-state index contributed by atoms with van der Waals surface area (Å²) in [5.41, 5.74) is 0. The lowest BCUT2D eigenvalue weighted by molar-refractivity contribution is 1.25. The van der Waals surface area contributed by atoms with Gasteiger partial charge < -0.3 is 0 Å². The van der Waals surface area contributed by atoms with Crippen LogP contribution >= 0.6 is 34.4 Å². The maximum atomic E-state index is 4.26. The van der Waals surface area contributed by atoms with Crippen LogP contribution in [-0.4, -0.2) is 17.8 Å². The number of allylic oxidation sites excluding steroid dienone is 2. The van der Waals surface area contributed by atoms with Gasteiger partial charge in [0.25, 0.3) is 0 Å². The standard InChI is InChI=1S/C8H12INS/c1-7(9)5-4-6-10-8(2)11-3/h4-5H,1,6H2,2-3H3/b5-4-,10-8+. The van der Waals surface area contributed by atoms with E-state index in [1.165, 1.54) is 0 Å². The van der Waals surface area contributed by atoms with Crippen molar-refractivity contribution >= 4 is 39.4 Å². The molecule has 0 rings (SSSR count). The van der Waals surface area contributed by atoms with Gasteiger partial charge in [0, 0.05) is 3.58 Å². The van der Waals surface area contributed by atoms with Crippen molar-refractivity contribution in [2.75, 3.05) is 12.8 Å². The van der Waals surface area contributed by atoms with Crippen LogP contribution in [0.4, 0.5) is 0 Å². The summed E-state index contributed by atoms with van der Waals surface area (Å²) in [5.74, 6) is 0. The predicted molar refractivity (Wildman–Crippen MR) is 63.8 cm³/mol. The first-order valence-electron chi connectivity index (χ1n) is 3.22. The SMILES string of the molecule is C=C(I)/C=C\C/N=C(\C)SC. The van der Waals surface area contributed by atoms with Gasteiger partial charge in [-0.2, -0.15) is 0 Å². The van der Waals surface area contributed by atoms with Crippen LogP contribution in [0.2, 0.25) is 0 Å². The molecule has 0 unspecified atom stereocenters. The molecule has 0 aliphatic rings. The fourth-order valence-electron chi connectivity index (χ4n) is 0.426. The lowest BCUT2D eigenvalue weighted by Crippen LogP contribution is -1.82. The fourth-order valence-corrected chi connectivity index (χ4v) is 0.884. The van der Waals surface area contributed by atoms with Gasteiger partial charge in [0.1, 0.15) is 0 Å². The minimum absolute atomic E-state index is 0.759. The molecular weight excluding hydrogens is 269 g/mol. The third kappa shape index (κ3) is 8.13. The van der Waals surface area contributed by atoms with Crippen LogP contribution in [0.25, 0.3) is 0 Å². The first-order chi connectivity index (χ1) is 5.16. The molecule has 0 N–H and O–H groups in total. The molecule has 0 aromatic rings. The largest absolute Gasteiger partial charge is 0.279 e. The monoisotopic (exact) mass is 281 g/mol. The molecule has 11 heavy (non-hydrogen) atoms. The van der Waals surface area contributed by atoms with Gasteiger partial charge in [-0.25, -0.2) is 0 Å². The van der Waals surface area contributed by atoms with Crippen molar-refractivity contribution in [1.29, 1.82) is 0 Å². The number of thioether (sulfide) groups is 1. The third-order valence-corrected chi connectivity index (χ3v) is 2.09. The molecule has 0 aromatic heterocycles. The molecule has 0 spiro atoms. The molecule has 0 aliphatic carbocycles. The second-order valence-corrected chi connectivity index (χ2v) is 4.30. The summed E-state index contributed by atoms with van der Waals surface area (Å²) in [6, 6.07) is 0. The van der Waals surface area contributed by atoms with E-state index < -0.39 is 0 Å². The van der Waals surface area contributed by atoms with Crippen molar-refractivity contribution in [3.63, 3.8) is 0 Å². The molecule has 0 atom stereocenters. The number of rotatable bonds is 3. The van der Waals surface area contributed by atoms with E-state index in [-0.39, 0.29) is 0 Å². The zero-order valence-corrected chi connectivity index (χ0v) is 9.78. The zero-order chi connectivity index (χ0) is 8.69. The maximum Gasteiger partial charge on any atom is 0.0646 e. The third-order valence-electron chi connectivity index (χ3n) is 1.01. The van der Waals surface area contributed by atoms with E-state index in [0.29, 0.717) is 0 Å². The van der Waals surface area contributed by atoms with E-state index in [2.05, 4.69) is 34.2 Å². The van der Waals surface area contributed by atoms with Crippen LogP contribution in [0.1, 0.15) is 6.92 Å². The van der Waals surface area contributed by atoms with Crippen molar-refractivity contribution in [2.24, 2.45) is 4.99 Å². The highest BCUT2D eigenvalue weighted by atomic mass is 127. The number of hydrogen-bond donors (Lipinski definition) is 0. The minimum Gasteiger partial charge on any atom is -0.279 e. The summed E-state index contributed by atoms with van der Waals surface area (Å²) >= 11 is 3.85. The Hall–Kier alpha value is 0.230. The smallest absolute Gasteiger partial charge is 0.0646 e. The minimum atomic E-state index is 0.759. The molecule has 0 radical (unpaired) electrons. The van der Waals surface area contributed by atoms with Crippen LogP contribution in [0.15, 0.2) is 27.3 Å². The average molecular weight is 281 g/mol. The van der Waals surface area contributed by atoms with Crippen LogP contribution in [0.3, 0.4) is 0 Å². The molecular formula is C8H12INS. The van der Waals surface area contributed by atoms with E-state index in [1.54, 1.807) is 11.8 Å². The average Bonchev–Trinajstić information content (AvgIpc) is 1.97. The lowest BCUT2D eigenvalue weighted by Gasteiger charge is -1.90. The second-order valence-electron chi connectivity index (χ2n) is 1.91. The zero-order valence-electron chi connectivity index (χ0n) is 6.80. The highest BCUT2D eigenvalue weighted by Crippen LogP contribution is 2.02. The van der Waals surface area contributed by atoms with Gasteiger partial charge in [0.15, 0.2) is 0 Å². The maximum absolute atomic E-state index is 4.26. The van der Waals surface area contributed by atoms with Gasteiger partial charge in [-0.15, -0.1) is 11.8 Å². The van der Waals surface area contributed by atoms with Crippen molar-refractivity contribution in [3.8, 4) is 0 Å². The summed E-state index contributed by atoms with van der Waals surface area (Å²) in [6.45, 7) is 6.51. The molecule has 0 bridgehead atoms. The van der Waals surface area contributed by atoms with Crippen molar-refractivity contribution in [1.82, 2.24) is 0 Å². The Morgan fingerprint density at radius 3 is 2.82 bits per heavy atom. The van der Waals surface area contributed by atoms with Gasteiger partial charge >= 0.3 is 0 Å². The number of halogens is 1. The van der Waals surface area contributed by atoms with E-state index >= 15 is 0 Å². The fraction of sp³-hybridized carbons (Fsp3) is 0.375. The molecule has 62 valence electrons. The summed E-state index contributed by atoms with van der Waals surface area (Å²) < 4.78 is 1.04. The first-order valence-corrected chi connectivity index (χ1v) is 5.53. The molecule has 0 saturated heterocycles. The van der Waals surface area contributed by atoms with E-state index in [9.17, 15) is 0 Å². The molecule has 0 heterocycles. The number of hydrogen-bond acceptors (Lipinski definition) is 2. The Labute approximate surface area is 86.2 Å². The van der Waals surface area contributed by atoms with Crippen LogP contribution in [0.5, 0.6) is 0 Å². The van der Waals surface area contributed by atoms with Gasteiger partial charge in [-0.1, -0.05) is 18.7 Å². The Morgan fingerprint density at radius 2 is 2.36 bits per heavy atom. The second kappa shape index (κ2) is 6.91. The van der Waals surface area contributed by atoms with Gasteiger partial charge in [-0.3, -0.25) is 4.99 Å². The van der Waals surface area contributed by atoms with Crippen molar-refractivity contribution in [2.45, 2.75) is 6.92 Å². The molecule has 0 aliphatic heterocycles. The topological polar surface area (TPSA) is 12.4 Å². The quantitative estimate of drug-likeness (QED) is 0.335. The highest BCUT2D eigenvalue weighted by Gasteiger charge is 1.82. The van der Waals surface area contributed by atoms with Gasteiger partial charge in [-0.05, 0) is 35.8 Å². The van der Waals surface area contributed by atoms with Crippen LogP contribution in [-0.2, 0) is 0 Å². The molecule has 0 saturated carbocycles. The van der Waals surface area contributed by atoms with Crippen molar-refractivity contribution < 1.29 is 0 Å². The van der Waals surface area contributed by atoms with E-state index in [4.69, 9.17) is 0 Å². The summed E-state index contributed by atoms with van der Waals surface area (Å²) in [7, 11) is 0. The van der Waals surface area contributed by atoms with Gasteiger partial charge in [0.2, 0.25) is 0 Å². The summed E-state index contributed by atoms with van der Waals surface area (Å²) in [6.07, 6.45) is 6.01. The van der Waals surface area contributed by atoms with Crippen LogP contribution < -0.4 is 0 Å². The summed E-state index contributed by atoms with van der Waals surface area (Å²) in [4.78, 5) is 4.26. The molecule has 3 heteroatoms. The Balaban J connectivity index is 3.64. The Morgan fingerprint density at radius 1 is 1.73 bits per heavy atom. The van der Waals surface area contributed by atoms with E-state index in [0.717, 1.165) is 15.2 Å². The molecule has 0 amide bonds. The van der Waals surface area contributed by atoms with E-state index in [1.807, 2.05) is 25.3 Å².